The molecule has 0 spiro atoms. The maximum atomic E-state index is 13.8. The maximum absolute atomic E-state index is 13.8. The lowest BCUT2D eigenvalue weighted by atomic mass is 10.1. The first kappa shape index (κ1) is 24.2. The maximum Gasteiger partial charge on any atom is 0.444 e. The number of ether oxygens (including phenoxy) is 3. The van der Waals surface area contributed by atoms with Crippen LogP contribution in [0.5, 0.6) is 0 Å². The number of halogens is 3. The van der Waals surface area contributed by atoms with Crippen molar-refractivity contribution in [2.75, 3.05) is 13.7 Å². The molecule has 0 N–H and O–H groups in total. The molecule has 1 aliphatic rings. The van der Waals surface area contributed by atoms with Crippen LogP contribution in [0.4, 0.5) is 18.0 Å². The highest BCUT2D eigenvalue weighted by Gasteiger charge is 2.65. The Morgan fingerprint density at radius 2 is 1.83 bits per heavy atom. The third-order valence-corrected chi connectivity index (χ3v) is 5.22. The van der Waals surface area contributed by atoms with Gasteiger partial charge in [0.25, 0.3) is 5.79 Å². The molecule has 2 rings (SSSR count). The molecule has 1 saturated heterocycles. The molecule has 1 aromatic rings. The monoisotopic (exact) mass is 449 g/mol. The molecule has 1 heterocycles. The van der Waals surface area contributed by atoms with Crippen molar-refractivity contribution in [3.05, 3.63) is 35.4 Å². The molecular formula is C19H26F3NO6Si. The fraction of sp³-hybridized carbons (Fsp3) is 0.579. The minimum atomic E-state index is -4.82. The van der Waals surface area contributed by atoms with E-state index in [0.29, 0.717) is 11.1 Å². The molecule has 0 saturated carbocycles. The van der Waals surface area contributed by atoms with Gasteiger partial charge in [-0.25, -0.2) is 9.59 Å². The van der Waals surface area contributed by atoms with E-state index in [1.165, 1.54) is 19.2 Å². The van der Waals surface area contributed by atoms with E-state index in [4.69, 9.17) is 13.9 Å². The van der Waals surface area contributed by atoms with E-state index in [0.717, 1.165) is 4.90 Å². The first-order valence-corrected chi connectivity index (χ1v) is 12.8. The van der Waals surface area contributed by atoms with E-state index in [-0.39, 0.29) is 13.0 Å². The Labute approximate surface area is 174 Å². The van der Waals surface area contributed by atoms with E-state index in [2.05, 4.69) is 4.74 Å². The van der Waals surface area contributed by atoms with Crippen molar-refractivity contribution in [2.24, 2.45) is 0 Å². The van der Waals surface area contributed by atoms with Gasteiger partial charge in [-0.1, -0.05) is 19.1 Å². The molecule has 0 radical (unpaired) electrons. The average molecular weight is 449 g/mol. The largest absolute Gasteiger partial charge is 0.465 e. The number of rotatable bonds is 6. The lowest BCUT2D eigenvalue weighted by Gasteiger charge is -2.35. The van der Waals surface area contributed by atoms with Gasteiger partial charge in [-0.3, -0.25) is 4.90 Å². The van der Waals surface area contributed by atoms with Crippen LogP contribution in [0, 0.1) is 0 Å². The number of carbonyl (C=O) groups excluding carboxylic acids is 2. The van der Waals surface area contributed by atoms with Gasteiger partial charge < -0.3 is 18.6 Å². The van der Waals surface area contributed by atoms with Gasteiger partial charge in [-0.05, 0) is 43.8 Å². The molecule has 168 valence electrons. The predicted octanol–water partition coefficient (Wildman–Crippen LogP) is 4.29. The second-order valence-electron chi connectivity index (χ2n) is 7.82. The van der Waals surface area contributed by atoms with Crippen molar-refractivity contribution in [1.29, 1.82) is 0 Å². The number of nitrogens with zero attached hydrogens (tertiary/aromatic N) is 1. The highest BCUT2D eigenvalue weighted by molar-refractivity contribution is 6.69. The number of esters is 1. The summed E-state index contributed by atoms with van der Waals surface area (Å²) < 4.78 is 61.9. The predicted molar refractivity (Wildman–Crippen MR) is 103 cm³/mol. The van der Waals surface area contributed by atoms with E-state index >= 15 is 0 Å². The quantitative estimate of drug-likeness (QED) is 0.477. The molecule has 11 heteroatoms. The lowest BCUT2D eigenvalue weighted by Crippen LogP contribution is -2.56. The molecule has 1 unspecified atom stereocenters. The zero-order valence-corrected chi connectivity index (χ0v) is 18.5. The summed E-state index contributed by atoms with van der Waals surface area (Å²) in [6, 6.07) is 6.12. The van der Waals surface area contributed by atoms with Crippen LogP contribution in [0.15, 0.2) is 24.3 Å². The third-order valence-electron chi connectivity index (χ3n) is 4.28. The second kappa shape index (κ2) is 8.94. The number of amides is 1. The number of hydrogen-bond acceptors (Lipinski definition) is 6. The zero-order chi connectivity index (χ0) is 22.7. The number of alkyl halides is 3. The van der Waals surface area contributed by atoms with Gasteiger partial charge in [0.05, 0.1) is 19.2 Å². The highest BCUT2D eigenvalue weighted by atomic mass is 28.4. The van der Waals surface area contributed by atoms with Crippen molar-refractivity contribution in [3.63, 3.8) is 0 Å². The third kappa shape index (κ3) is 5.52. The topological polar surface area (TPSA) is 74.3 Å². The molecule has 0 aromatic heterocycles. The Hall–Kier alpha value is -2.11. The molecule has 2 atom stereocenters. The Kier molecular flexibility index (Phi) is 7.20. The summed E-state index contributed by atoms with van der Waals surface area (Å²) in [6.45, 7) is 5.47. The van der Waals surface area contributed by atoms with E-state index in [9.17, 15) is 22.8 Å². The van der Waals surface area contributed by atoms with E-state index in [1.54, 1.807) is 38.7 Å². The molecule has 1 aromatic carbocycles. The van der Waals surface area contributed by atoms with Crippen LogP contribution in [-0.4, -0.2) is 57.1 Å². The summed E-state index contributed by atoms with van der Waals surface area (Å²) in [4.78, 5) is 24.9. The fourth-order valence-electron chi connectivity index (χ4n) is 2.98. The number of carbonyl (C=O) groups is 2. The summed E-state index contributed by atoms with van der Waals surface area (Å²) >= 11 is 0. The first-order chi connectivity index (χ1) is 13.8. The van der Waals surface area contributed by atoms with E-state index in [1.807, 2.05) is 0 Å². The Balaban J connectivity index is 2.11. The molecule has 0 bridgehead atoms. The van der Waals surface area contributed by atoms with Crippen molar-refractivity contribution in [2.45, 2.75) is 57.8 Å². The molecule has 1 fully saturated rings. The van der Waals surface area contributed by atoms with Crippen LogP contribution in [0.2, 0.25) is 19.6 Å². The van der Waals surface area contributed by atoms with Crippen LogP contribution in [0.25, 0.3) is 0 Å². The summed E-state index contributed by atoms with van der Waals surface area (Å²) in [7, 11) is -1.40. The van der Waals surface area contributed by atoms with Crippen LogP contribution >= 0.6 is 0 Å². The Morgan fingerprint density at radius 3 is 2.30 bits per heavy atom. The summed E-state index contributed by atoms with van der Waals surface area (Å²) in [5.41, 5.74) is 0.884. The molecule has 7 nitrogen and oxygen atoms in total. The number of benzene rings is 1. The summed E-state index contributed by atoms with van der Waals surface area (Å²) in [5.74, 6) is -3.39. The van der Waals surface area contributed by atoms with Crippen molar-refractivity contribution in [1.82, 2.24) is 4.90 Å². The van der Waals surface area contributed by atoms with Crippen molar-refractivity contribution in [3.8, 4) is 0 Å². The van der Waals surface area contributed by atoms with Crippen LogP contribution in [0.3, 0.4) is 0 Å². The van der Waals surface area contributed by atoms with Gasteiger partial charge in [0.1, 0.15) is 12.8 Å². The van der Waals surface area contributed by atoms with Gasteiger partial charge in [0, 0.05) is 0 Å². The van der Waals surface area contributed by atoms with Crippen LogP contribution in [0.1, 0.15) is 29.3 Å². The number of hydrogen-bond donors (Lipinski definition) is 0. The average Bonchev–Trinajstić information content (AvgIpc) is 3.04. The summed E-state index contributed by atoms with van der Waals surface area (Å²) in [5, 5.41) is 0. The molecule has 1 aliphatic heterocycles. The van der Waals surface area contributed by atoms with Gasteiger partial charge >= 0.3 is 18.2 Å². The smallest absolute Gasteiger partial charge is 0.444 e. The van der Waals surface area contributed by atoms with Gasteiger partial charge in [0.15, 0.2) is 8.32 Å². The SMILES string of the molecule is CCC1O[C@@](O[Si](C)(C)C)(C(F)(F)F)CN1C(=O)OCc1ccc(C(=O)OC)cc1. The highest BCUT2D eigenvalue weighted by Crippen LogP contribution is 2.43. The standard InChI is InChI=1S/C19H26F3NO6Si/c1-6-15-23(12-18(28-15,19(20,21)22)29-30(3,4)5)17(25)27-11-13-7-9-14(10-8-13)16(24)26-2/h7-10,15H,6,11-12H2,1-5H3/t15?,18-/m0/s1. The van der Waals surface area contributed by atoms with Crippen LogP contribution in [-0.2, 0) is 25.2 Å². The minimum Gasteiger partial charge on any atom is -0.465 e. The van der Waals surface area contributed by atoms with Gasteiger partial charge in [-0.15, -0.1) is 0 Å². The Bertz CT molecular complexity index is 765. The van der Waals surface area contributed by atoms with Crippen LogP contribution < -0.4 is 0 Å². The van der Waals surface area contributed by atoms with Gasteiger partial charge in [0.2, 0.25) is 0 Å². The Morgan fingerprint density at radius 1 is 1.23 bits per heavy atom. The number of methoxy groups -OCH3 is 1. The minimum absolute atomic E-state index is 0.135. The molecular weight excluding hydrogens is 423 g/mol. The van der Waals surface area contributed by atoms with Gasteiger partial charge in [-0.2, -0.15) is 13.2 Å². The molecule has 0 aliphatic carbocycles. The van der Waals surface area contributed by atoms with Crippen molar-refractivity contribution >= 4 is 20.4 Å². The molecule has 30 heavy (non-hydrogen) atoms. The molecule has 1 amide bonds. The zero-order valence-electron chi connectivity index (χ0n) is 17.5. The second-order valence-corrected chi connectivity index (χ2v) is 12.2. The normalized spacial score (nSPS) is 22.1. The first-order valence-electron chi connectivity index (χ1n) is 9.37. The summed E-state index contributed by atoms with van der Waals surface area (Å²) in [6.07, 6.45) is -6.75. The fourth-order valence-corrected chi connectivity index (χ4v) is 4.20. The van der Waals surface area contributed by atoms with E-state index < -0.39 is 45.1 Å². The lowest BCUT2D eigenvalue weighted by molar-refractivity contribution is -0.343. The van der Waals surface area contributed by atoms with Crippen molar-refractivity contribution < 1.29 is 41.4 Å².